The molecule has 1 aliphatic heterocycles. The van der Waals surface area contributed by atoms with Crippen molar-refractivity contribution in [2.75, 3.05) is 6.61 Å². The van der Waals surface area contributed by atoms with Gasteiger partial charge >= 0.3 is 5.97 Å². The minimum Gasteiger partial charge on any atom is -0.487 e. The maximum Gasteiger partial charge on any atom is 0.338 e. The summed E-state index contributed by atoms with van der Waals surface area (Å²) in [5.74, 6) is 0.0706. The summed E-state index contributed by atoms with van der Waals surface area (Å²) >= 11 is 16.5. The molecule has 0 amide bonds. The van der Waals surface area contributed by atoms with Gasteiger partial charge in [-0.05, 0) is 82.6 Å². The first-order valence-electron chi connectivity index (χ1n) is 13.8. The number of allylic oxidation sites excluding steroid dienone is 1. The second kappa shape index (κ2) is 12.9. The van der Waals surface area contributed by atoms with E-state index in [0.29, 0.717) is 48.6 Å². The third-order valence-corrected chi connectivity index (χ3v) is 9.64. The molecule has 222 valence electrons. The summed E-state index contributed by atoms with van der Waals surface area (Å²) in [5.41, 5.74) is 2.73. The lowest BCUT2D eigenvalue weighted by molar-refractivity contribution is -0.139. The quantitative estimate of drug-likeness (QED) is 0.128. The SMILES string of the molecule is CCOC(=O)C1=C(C)N=c2s/c(=C\c3cc(Cl)cc(I)c3OCc3cccc4ccccc34)c(=O)n2[C@@H]1c1ccccc1Cl. The number of aromatic nitrogens is 1. The van der Waals surface area contributed by atoms with Crippen LogP contribution in [0.4, 0.5) is 0 Å². The van der Waals surface area contributed by atoms with Gasteiger partial charge in [0.05, 0.1) is 26.0 Å². The van der Waals surface area contributed by atoms with Gasteiger partial charge < -0.3 is 9.47 Å². The van der Waals surface area contributed by atoms with Crippen LogP contribution in [0.25, 0.3) is 16.8 Å². The number of esters is 1. The Bertz CT molecular complexity index is 2150. The van der Waals surface area contributed by atoms with E-state index in [1.165, 1.54) is 15.9 Å². The number of thiazole rings is 1. The molecule has 1 aromatic heterocycles. The van der Waals surface area contributed by atoms with Crippen LogP contribution in [0.15, 0.2) is 99.9 Å². The van der Waals surface area contributed by atoms with Crippen molar-refractivity contribution in [1.82, 2.24) is 4.57 Å². The first-order chi connectivity index (χ1) is 21.3. The standard InChI is InChI=1S/C34H25Cl2IN2O4S/c1-3-42-33(41)29-19(2)38-34-39(30(29)25-13-6-7-14-26(25)36)32(40)28(44-34)16-22-15-23(35)17-27(37)31(22)43-18-21-11-8-10-20-9-4-5-12-24(20)21/h4-17,30H,3,18H2,1-2H3/b28-16-/t30-/m1/s1. The zero-order valence-corrected chi connectivity index (χ0v) is 28.1. The number of halogens is 3. The summed E-state index contributed by atoms with van der Waals surface area (Å²) in [6, 6.07) is 24.3. The molecule has 0 saturated heterocycles. The Morgan fingerprint density at radius 1 is 1.07 bits per heavy atom. The minimum atomic E-state index is -0.803. The van der Waals surface area contributed by atoms with Gasteiger partial charge in [-0.25, -0.2) is 9.79 Å². The summed E-state index contributed by atoms with van der Waals surface area (Å²) in [5, 5.41) is 3.19. The van der Waals surface area contributed by atoms with Crippen molar-refractivity contribution < 1.29 is 14.3 Å². The third kappa shape index (κ3) is 5.83. The van der Waals surface area contributed by atoms with Crippen LogP contribution in [0.3, 0.4) is 0 Å². The van der Waals surface area contributed by atoms with Gasteiger partial charge in [-0.1, -0.05) is 95.2 Å². The smallest absolute Gasteiger partial charge is 0.338 e. The number of hydrogen-bond donors (Lipinski definition) is 0. The van der Waals surface area contributed by atoms with Gasteiger partial charge in [0, 0.05) is 15.6 Å². The zero-order chi connectivity index (χ0) is 31.0. The van der Waals surface area contributed by atoms with Gasteiger partial charge in [-0.2, -0.15) is 0 Å². The zero-order valence-electron chi connectivity index (χ0n) is 23.6. The van der Waals surface area contributed by atoms with Gasteiger partial charge in [-0.15, -0.1) is 0 Å². The summed E-state index contributed by atoms with van der Waals surface area (Å²) in [4.78, 5) is 32.4. The molecule has 0 aliphatic carbocycles. The maximum absolute atomic E-state index is 14.1. The van der Waals surface area contributed by atoms with E-state index in [1.54, 1.807) is 44.2 Å². The molecule has 0 bridgehead atoms. The summed E-state index contributed by atoms with van der Waals surface area (Å²) in [7, 11) is 0. The van der Waals surface area contributed by atoms with E-state index in [0.717, 1.165) is 19.9 Å². The molecule has 5 aromatic rings. The molecule has 0 radical (unpaired) electrons. The van der Waals surface area contributed by atoms with E-state index in [-0.39, 0.29) is 17.7 Å². The van der Waals surface area contributed by atoms with Crippen molar-refractivity contribution in [2.24, 2.45) is 4.99 Å². The molecule has 0 saturated carbocycles. The number of fused-ring (bicyclic) bond motifs is 2. The van der Waals surface area contributed by atoms with Gasteiger partial charge in [0.25, 0.3) is 5.56 Å². The summed E-state index contributed by atoms with van der Waals surface area (Å²) in [6.07, 6.45) is 1.77. The average molecular weight is 755 g/mol. The normalized spacial score (nSPS) is 14.8. The lowest BCUT2D eigenvalue weighted by Crippen LogP contribution is -2.40. The molecular weight excluding hydrogens is 730 g/mol. The Morgan fingerprint density at radius 3 is 2.61 bits per heavy atom. The highest BCUT2D eigenvalue weighted by atomic mass is 127. The molecular formula is C34H25Cl2IN2O4S. The van der Waals surface area contributed by atoms with Crippen LogP contribution in [0.5, 0.6) is 5.75 Å². The van der Waals surface area contributed by atoms with Crippen LogP contribution < -0.4 is 19.6 Å². The van der Waals surface area contributed by atoms with Crippen LogP contribution >= 0.6 is 57.1 Å². The van der Waals surface area contributed by atoms with Crippen molar-refractivity contribution in [3.63, 3.8) is 0 Å². The molecule has 10 heteroatoms. The number of hydrogen-bond acceptors (Lipinski definition) is 6. The molecule has 0 fully saturated rings. The second-order valence-corrected chi connectivity index (χ2v) is 13.1. The Morgan fingerprint density at radius 2 is 1.82 bits per heavy atom. The highest BCUT2D eigenvalue weighted by Crippen LogP contribution is 2.35. The van der Waals surface area contributed by atoms with Crippen molar-refractivity contribution in [3.8, 4) is 5.75 Å². The number of rotatable bonds is 7. The largest absolute Gasteiger partial charge is 0.487 e. The minimum absolute atomic E-state index is 0.185. The predicted molar refractivity (Wildman–Crippen MR) is 184 cm³/mol. The van der Waals surface area contributed by atoms with Crippen molar-refractivity contribution in [2.45, 2.75) is 26.5 Å². The summed E-state index contributed by atoms with van der Waals surface area (Å²) in [6.45, 7) is 3.99. The van der Waals surface area contributed by atoms with Crippen LogP contribution in [-0.2, 0) is 16.1 Å². The van der Waals surface area contributed by atoms with Gasteiger partial charge in [0.2, 0.25) is 0 Å². The Hall–Kier alpha value is -3.44. The van der Waals surface area contributed by atoms with Crippen molar-refractivity contribution in [3.05, 3.63) is 140 Å². The van der Waals surface area contributed by atoms with E-state index in [9.17, 15) is 9.59 Å². The number of carbonyl (C=O) groups excluding carboxylic acids is 1. The predicted octanol–water partition coefficient (Wildman–Crippen LogP) is 7.44. The average Bonchev–Trinajstić information content (AvgIpc) is 3.30. The Labute approximate surface area is 281 Å². The molecule has 1 aliphatic rings. The molecule has 44 heavy (non-hydrogen) atoms. The molecule has 6 rings (SSSR count). The first-order valence-corrected chi connectivity index (χ1v) is 16.4. The highest BCUT2D eigenvalue weighted by molar-refractivity contribution is 14.1. The Kier molecular flexibility index (Phi) is 8.96. The fraction of sp³-hybridized carbons (Fsp3) is 0.147. The molecule has 0 unspecified atom stereocenters. The van der Waals surface area contributed by atoms with E-state index in [2.05, 4.69) is 45.8 Å². The molecule has 0 spiro atoms. The molecule has 6 nitrogen and oxygen atoms in total. The van der Waals surface area contributed by atoms with Gasteiger partial charge in [-0.3, -0.25) is 9.36 Å². The van der Waals surface area contributed by atoms with Gasteiger partial charge in [0.15, 0.2) is 4.80 Å². The number of nitrogens with zero attached hydrogens (tertiary/aromatic N) is 2. The first kappa shape index (κ1) is 30.6. The molecule has 4 aromatic carbocycles. The molecule has 0 N–H and O–H groups in total. The van der Waals surface area contributed by atoms with Crippen LogP contribution in [0, 0.1) is 3.57 Å². The van der Waals surface area contributed by atoms with E-state index in [4.69, 9.17) is 32.7 Å². The molecule has 2 heterocycles. The number of ether oxygens (including phenoxy) is 2. The summed E-state index contributed by atoms with van der Waals surface area (Å²) < 4.78 is 14.5. The van der Waals surface area contributed by atoms with E-state index < -0.39 is 12.0 Å². The fourth-order valence-corrected chi connectivity index (χ4v) is 7.82. The lowest BCUT2D eigenvalue weighted by atomic mass is 9.96. The van der Waals surface area contributed by atoms with Crippen LogP contribution in [-0.4, -0.2) is 17.1 Å². The number of benzene rings is 4. The monoisotopic (exact) mass is 754 g/mol. The lowest BCUT2D eigenvalue weighted by Gasteiger charge is -2.25. The second-order valence-electron chi connectivity index (χ2n) is 10.1. The fourth-order valence-electron chi connectivity index (χ4n) is 5.33. The Balaban J connectivity index is 1.48. The van der Waals surface area contributed by atoms with Crippen molar-refractivity contribution in [1.29, 1.82) is 0 Å². The molecule has 1 atom stereocenters. The van der Waals surface area contributed by atoms with Crippen LogP contribution in [0.2, 0.25) is 10.0 Å². The highest BCUT2D eigenvalue weighted by Gasteiger charge is 2.34. The van der Waals surface area contributed by atoms with Crippen LogP contribution in [0.1, 0.15) is 36.6 Å². The topological polar surface area (TPSA) is 69.9 Å². The van der Waals surface area contributed by atoms with E-state index in [1.807, 2.05) is 36.4 Å². The van der Waals surface area contributed by atoms with Gasteiger partial charge in [0.1, 0.15) is 18.4 Å². The maximum atomic E-state index is 14.1. The van der Waals surface area contributed by atoms with Crippen molar-refractivity contribution >= 4 is 79.9 Å². The van der Waals surface area contributed by atoms with E-state index >= 15 is 0 Å². The number of carbonyl (C=O) groups is 1. The third-order valence-electron chi connectivity index (χ3n) is 7.29.